The molecule has 0 aliphatic carbocycles. The number of rotatable bonds is 0. The molecule has 0 aromatic carbocycles. The lowest BCUT2D eigenvalue weighted by Crippen LogP contribution is -2.44. The topological polar surface area (TPSA) is 45.2 Å². The van der Waals surface area contributed by atoms with Crippen LogP contribution in [0.25, 0.3) is 0 Å². The van der Waals surface area contributed by atoms with Crippen LogP contribution in [0.5, 0.6) is 0 Å². The molecule has 0 amide bonds. The van der Waals surface area contributed by atoms with Crippen molar-refractivity contribution in [2.45, 2.75) is 36.4 Å². The van der Waals surface area contributed by atoms with Gasteiger partial charge in [-0.1, -0.05) is 0 Å². The van der Waals surface area contributed by atoms with Crippen LogP contribution in [0.4, 0.5) is 19.0 Å². The highest BCUT2D eigenvalue weighted by atomic mass is 32.2. The van der Waals surface area contributed by atoms with Crippen LogP contribution in [-0.2, 0) is 17.2 Å². The van der Waals surface area contributed by atoms with Gasteiger partial charge in [0.25, 0.3) is 0 Å². The van der Waals surface area contributed by atoms with Crippen LogP contribution in [0.1, 0.15) is 24.8 Å². The number of piperidine rings is 1. The van der Waals surface area contributed by atoms with Gasteiger partial charge >= 0.3 is 6.18 Å². The number of halogens is 3. The number of pyridine rings is 1. The SMILES string of the molecule is O=S1NCC2CCCCN2c2ncc(C(F)(F)F)cc21. The standard InChI is InChI=1S/C12H14F3N3OS/c13-12(14,15)8-5-10-11(16-6-8)18-4-2-1-3-9(18)7-17-20(10)19/h5-6,9,17H,1-4,7H2. The zero-order valence-electron chi connectivity index (χ0n) is 10.6. The van der Waals surface area contributed by atoms with Gasteiger partial charge in [0, 0.05) is 25.3 Å². The summed E-state index contributed by atoms with van der Waals surface area (Å²) >= 11 is 0. The number of hydrogen-bond acceptors (Lipinski definition) is 3. The van der Waals surface area contributed by atoms with E-state index in [1.165, 1.54) is 0 Å². The molecule has 1 aromatic heterocycles. The predicted molar refractivity (Wildman–Crippen MR) is 68.6 cm³/mol. The Labute approximate surface area is 117 Å². The number of hydrogen-bond donors (Lipinski definition) is 1. The van der Waals surface area contributed by atoms with E-state index in [0.717, 1.165) is 38.1 Å². The zero-order valence-corrected chi connectivity index (χ0v) is 11.4. The molecule has 2 aliphatic rings. The molecule has 0 radical (unpaired) electrons. The van der Waals surface area contributed by atoms with Crippen molar-refractivity contribution in [3.05, 3.63) is 17.8 Å². The summed E-state index contributed by atoms with van der Waals surface area (Å²) in [7, 11) is -1.65. The number of nitrogens with zero attached hydrogens (tertiary/aromatic N) is 2. The number of aromatic nitrogens is 1. The zero-order chi connectivity index (χ0) is 14.3. The van der Waals surface area contributed by atoms with Crippen LogP contribution in [0.15, 0.2) is 17.2 Å². The van der Waals surface area contributed by atoms with Crippen molar-refractivity contribution >= 4 is 16.8 Å². The van der Waals surface area contributed by atoms with Crippen molar-refractivity contribution in [2.24, 2.45) is 0 Å². The van der Waals surface area contributed by atoms with Crippen LogP contribution < -0.4 is 9.62 Å². The van der Waals surface area contributed by atoms with Gasteiger partial charge in [0.05, 0.1) is 10.5 Å². The molecular formula is C12H14F3N3OS. The fourth-order valence-electron chi connectivity index (χ4n) is 2.69. The summed E-state index contributed by atoms with van der Waals surface area (Å²) in [5.41, 5.74) is -0.859. The summed E-state index contributed by atoms with van der Waals surface area (Å²) in [6.07, 6.45) is -0.657. The van der Waals surface area contributed by atoms with Crippen LogP contribution in [-0.4, -0.2) is 28.3 Å². The largest absolute Gasteiger partial charge is 0.417 e. The summed E-state index contributed by atoms with van der Waals surface area (Å²) in [6, 6.07) is 1.10. The Morgan fingerprint density at radius 1 is 1.40 bits per heavy atom. The predicted octanol–water partition coefficient (Wildman–Crippen LogP) is 2.09. The fourth-order valence-corrected chi connectivity index (χ4v) is 3.75. The van der Waals surface area contributed by atoms with Crippen molar-refractivity contribution in [1.82, 2.24) is 9.71 Å². The molecule has 0 spiro atoms. The highest BCUT2D eigenvalue weighted by Crippen LogP contribution is 2.35. The molecule has 4 nitrogen and oxygen atoms in total. The maximum atomic E-state index is 12.7. The van der Waals surface area contributed by atoms with Gasteiger partial charge in [-0.2, -0.15) is 13.2 Å². The van der Waals surface area contributed by atoms with Crippen molar-refractivity contribution < 1.29 is 17.4 Å². The quantitative estimate of drug-likeness (QED) is 0.798. The molecule has 2 unspecified atom stereocenters. The average molecular weight is 305 g/mol. The first kappa shape index (κ1) is 13.8. The molecule has 1 fully saturated rings. The molecule has 1 saturated heterocycles. The molecule has 2 atom stereocenters. The van der Waals surface area contributed by atoms with E-state index in [-0.39, 0.29) is 10.9 Å². The third kappa shape index (κ3) is 2.42. The monoisotopic (exact) mass is 305 g/mol. The average Bonchev–Trinajstić information content (AvgIpc) is 2.56. The number of nitrogens with one attached hydrogen (secondary N) is 1. The summed E-state index contributed by atoms with van der Waals surface area (Å²) in [4.78, 5) is 6.07. The van der Waals surface area contributed by atoms with E-state index in [0.29, 0.717) is 12.4 Å². The first-order chi connectivity index (χ1) is 9.47. The lowest BCUT2D eigenvalue weighted by molar-refractivity contribution is -0.138. The number of alkyl halides is 3. The van der Waals surface area contributed by atoms with Gasteiger partial charge in [0.2, 0.25) is 0 Å². The van der Waals surface area contributed by atoms with Crippen molar-refractivity contribution in [3.8, 4) is 0 Å². The molecule has 0 bridgehead atoms. The molecule has 8 heteroatoms. The maximum Gasteiger partial charge on any atom is 0.417 e. The smallest absolute Gasteiger partial charge is 0.351 e. The first-order valence-electron chi connectivity index (χ1n) is 6.46. The van der Waals surface area contributed by atoms with Crippen molar-refractivity contribution in [1.29, 1.82) is 0 Å². The van der Waals surface area contributed by atoms with Gasteiger partial charge in [-0.3, -0.25) is 0 Å². The van der Waals surface area contributed by atoms with Crippen LogP contribution in [0.2, 0.25) is 0 Å². The van der Waals surface area contributed by atoms with Crippen LogP contribution in [0, 0.1) is 0 Å². The molecule has 20 heavy (non-hydrogen) atoms. The molecule has 2 aliphatic heterocycles. The number of anilines is 1. The minimum absolute atomic E-state index is 0.129. The van der Waals surface area contributed by atoms with E-state index in [1.54, 1.807) is 0 Å². The van der Waals surface area contributed by atoms with Crippen LogP contribution in [0.3, 0.4) is 0 Å². The molecule has 110 valence electrons. The minimum Gasteiger partial charge on any atom is -0.351 e. The van der Waals surface area contributed by atoms with Gasteiger partial charge in [-0.25, -0.2) is 13.9 Å². The summed E-state index contributed by atoms with van der Waals surface area (Å²) < 4.78 is 53.1. The Kier molecular flexibility index (Phi) is 3.45. The van der Waals surface area contributed by atoms with Gasteiger partial charge in [-0.05, 0) is 25.3 Å². The van der Waals surface area contributed by atoms with E-state index < -0.39 is 22.7 Å². The van der Waals surface area contributed by atoms with Gasteiger partial charge in [0.1, 0.15) is 16.8 Å². The van der Waals surface area contributed by atoms with E-state index in [4.69, 9.17) is 0 Å². The van der Waals surface area contributed by atoms with E-state index in [9.17, 15) is 17.4 Å². The van der Waals surface area contributed by atoms with Gasteiger partial charge in [0.15, 0.2) is 0 Å². The van der Waals surface area contributed by atoms with Gasteiger partial charge in [-0.15, -0.1) is 0 Å². The molecule has 1 N–H and O–H groups in total. The third-order valence-corrected chi connectivity index (χ3v) is 4.84. The van der Waals surface area contributed by atoms with Gasteiger partial charge < -0.3 is 4.90 Å². The Balaban J connectivity index is 2.07. The van der Waals surface area contributed by atoms with E-state index >= 15 is 0 Å². The highest BCUT2D eigenvalue weighted by Gasteiger charge is 2.35. The van der Waals surface area contributed by atoms with E-state index in [1.807, 2.05) is 4.90 Å². The summed E-state index contributed by atoms with van der Waals surface area (Å²) in [5, 5.41) is 0. The fraction of sp³-hybridized carbons (Fsp3) is 0.583. The van der Waals surface area contributed by atoms with E-state index in [2.05, 4.69) is 9.71 Å². The lowest BCUT2D eigenvalue weighted by Gasteiger charge is -2.35. The Hall–Kier alpha value is -1.15. The second-order valence-corrected chi connectivity index (χ2v) is 6.27. The molecule has 0 saturated carbocycles. The molecule has 3 rings (SSSR count). The normalized spacial score (nSPS) is 26.6. The van der Waals surface area contributed by atoms with Crippen molar-refractivity contribution in [3.63, 3.8) is 0 Å². The third-order valence-electron chi connectivity index (χ3n) is 3.71. The van der Waals surface area contributed by atoms with Crippen LogP contribution >= 0.6 is 0 Å². The summed E-state index contributed by atoms with van der Waals surface area (Å²) in [5.74, 6) is 0.422. The molecule has 1 aromatic rings. The Bertz CT molecular complexity index is 549. The maximum absolute atomic E-state index is 12.7. The summed E-state index contributed by atoms with van der Waals surface area (Å²) in [6.45, 7) is 1.25. The Morgan fingerprint density at radius 3 is 2.95 bits per heavy atom. The molecule has 3 heterocycles. The molecular weight excluding hydrogens is 291 g/mol. The highest BCUT2D eigenvalue weighted by molar-refractivity contribution is 7.83. The van der Waals surface area contributed by atoms with Crippen molar-refractivity contribution in [2.75, 3.05) is 18.0 Å². The first-order valence-corrected chi connectivity index (χ1v) is 7.61. The second-order valence-electron chi connectivity index (χ2n) is 5.00. The Morgan fingerprint density at radius 2 is 2.20 bits per heavy atom. The number of fused-ring (bicyclic) bond motifs is 3. The minimum atomic E-state index is -4.47. The second kappa shape index (κ2) is 5.00. The lowest BCUT2D eigenvalue weighted by atomic mass is 10.0.